The van der Waals surface area contributed by atoms with Crippen molar-refractivity contribution in [2.75, 3.05) is 18.8 Å². The molecule has 1 aromatic carbocycles. The van der Waals surface area contributed by atoms with Crippen molar-refractivity contribution in [3.63, 3.8) is 0 Å². The number of aromatic amines is 1. The van der Waals surface area contributed by atoms with Crippen molar-refractivity contribution in [3.8, 4) is 11.1 Å². The normalized spacial score (nSPS) is 14.3. The van der Waals surface area contributed by atoms with E-state index in [1.165, 1.54) is 0 Å². The lowest BCUT2D eigenvalue weighted by Crippen LogP contribution is -2.50. The summed E-state index contributed by atoms with van der Waals surface area (Å²) in [6.07, 6.45) is 7.62. The third kappa shape index (κ3) is 3.73. The first-order valence-electron chi connectivity index (χ1n) is 11.0. The number of hydrogen-bond acceptors (Lipinski definition) is 4. The van der Waals surface area contributed by atoms with Crippen LogP contribution in [0.1, 0.15) is 29.0 Å². The van der Waals surface area contributed by atoms with Crippen molar-refractivity contribution in [1.82, 2.24) is 24.2 Å². The van der Waals surface area contributed by atoms with Crippen LogP contribution in [0.2, 0.25) is 0 Å². The van der Waals surface area contributed by atoms with Gasteiger partial charge in [0.05, 0.1) is 6.04 Å². The Morgan fingerprint density at radius 1 is 1.24 bits per heavy atom. The van der Waals surface area contributed by atoms with Gasteiger partial charge in [0.2, 0.25) is 0 Å². The molecule has 1 aliphatic heterocycles. The molecular weight excluding hydrogens is 416 g/mol. The molecule has 0 saturated carbocycles. The number of nitrogen functional groups attached to an aromatic ring is 1. The molecule has 0 atom stereocenters. The van der Waals surface area contributed by atoms with Crippen molar-refractivity contribution in [3.05, 3.63) is 82.6 Å². The van der Waals surface area contributed by atoms with E-state index < -0.39 is 0 Å². The molecule has 8 nitrogen and oxygen atoms in total. The molecule has 4 aromatic rings. The van der Waals surface area contributed by atoms with Gasteiger partial charge in [-0.05, 0) is 43.7 Å². The lowest BCUT2D eigenvalue weighted by Gasteiger charge is -2.39. The largest absolute Gasteiger partial charge is 0.382 e. The highest BCUT2D eigenvalue weighted by Crippen LogP contribution is 2.29. The summed E-state index contributed by atoms with van der Waals surface area (Å²) in [5.41, 5.74) is 9.73. The maximum Gasteiger partial charge on any atom is 0.275 e. The van der Waals surface area contributed by atoms with Gasteiger partial charge in [0.15, 0.2) is 0 Å². The second-order valence-corrected chi connectivity index (χ2v) is 8.47. The molecular formula is C25H26N6O2. The molecule has 0 radical (unpaired) electrons. The standard InChI is InChI=1S/C25H26N6O2/c1-3-4-10-29-15-21(20-12-16(2)27-23(20)25(29)33)17-5-7-18(8-6-17)24(32)30-13-19(14-30)31-11-9-22(26)28-31/h3-9,11-12,15,19,27H,10,13-14H2,1-2H3,(H2,26,28). The molecule has 8 heteroatoms. The number of nitrogens with two attached hydrogens (primary N) is 1. The fourth-order valence-corrected chi connectivity index (χ4v) is 4.30. The van der Waals surface area contributed by atoms with Crippen LogP contribution in [0.5, 0.6) is 0 Å². The molecule has 3 aromatic heterocycles. The fraction of sp³-hybridized carbons (Fsp3) is 0.240. The summed E-state index contributed by atoms with van der Waals surface area (Å²) < 4.78 is 3.52. The number of H-pyrrole nitrogens is 1. The van der Waals surface area contributed by atoms with Crippen molar-refractivity contribution in [1.29, 1.82) is 0 Å². The van der Waals surface area contributed by atoms with Crippen molar-refractivity contribution in [2.24, 2.45) is 0 Å². The molecule has 3 N–H and O–H groups in total. The molecule has 1 saturated heterocycles. The Balaban J connectivity index is 1.40. The van der Waals surface area contributed by atoms with Crippen LogP contribution in [0, 0.1) is 6.92 Å². The maximum absolute atomic E-state index is 12.9. The molecule has 0 unspecified atom stereocenters. The SMILES string of the molecule is CC=CCn1cc(-c2ccc(C(=O)N3CC(n4ccc(N)n4)C3)cc2)c2cc(C)[nH]c2c1=O. The number of aryl methyl sites for hydroxylation is 1. The van der Waals surface area contributed by atoms with Crippen LogP contribution in [-0.4, -0.2) is 43.2 Å². The number of nitrogens with one attached hydrogen (secondary N) is 1. The summed E-state index contributed by atoms with van der Waals surface area (Å²) in [6.45, 7) is 5.61. The van der Waals surface area contributed by atoms with Gasteiger partial charge in [-0.15, -0.1) is 0 Å². The second kappa shape index (κ2) is 8.12. The number of likely N-dealkylation sites (tertiary alicyclic amines) is 1. The summed E-state index contributed by atoms with van der Waals surface area (Å²) in [4.78, 5) is 30.8. The molecule has 0 aliphatic carbocycles. The number of amides is 1. The minimum atomic E-state index is -0.0435. The van der Waals surface area contributed by atoms with E-state index in [9.17, 15) is 9.59 Å². The van der Waals surface area contributed by atoms with E-state index in [2.05, 4.69) is 10.1 Å². The van der Waals surface area contributed by atoms with Gasteiger partial charge >= 0.3 is 0 Å². The van der Waals surface area contributed by atoms with Crippen molar-refractivity contribution >= 4 is 22.6 Å². The average Bonchev–Trinajstić information content (AvgIpc) is 3.38. The highest BCUT2D eigenvalue weighted by atomic mass is 16.2. The van der Waals surface area contributed by atoms with Gasteiger partial charge in [0.1, 0.15) is 11.3 Å². The zero-order valence-corrected chi connectivity index (χ0v) is 18.7. The maximum atomic E-state index is 12.9. The first-order chi connectivity index (χ1) is 15.9. The molecule has 168 valence electrons. The molecule has 0 bridgehead atoms. The van der Waals surface area contributed by atoms with Gasteiger partial charge in [-0.1, -0.05) is 24.3 Å². The van der Waals surface area contributed by atoms with E-state index >= 15 is 0 Å². The summed E-state index contributed by atoms with van der Waals surface area (Å²) in [6, 6.07) is 11.5. The highest BCUT2D eigenvalue weighted by molar-refractivity contribution is 5.97. The number of nitrogens with zero attached hydrogens (tertiary/aromatic N) is 4. The van der Waals surface area contributed by atoms with E-state index in [1.54, 1.807) is 10.6 Å². The number of hydrogen-bond donors (Lipinski definition) is 2. The third-order valence-corrected chi connectivity index (χ3v) is 6.14. The molecule has 5 rings (SSSR count). The smallest absolute Gasteiger partial charge is 0.275 e. The second-order valence-electron chi connectivity index (χ2n) is 8.47. The van der Waals surface area contributed by atoms with Crippen LogP contribution >= 0.6 is 0 Å². The van der Waals surface area contributed by atoms with E-state index in [0.717, 1.165) is 22.2 Å². The van der Waals surface area contributed by atoms with Crippen LogP contribution in [0.15, 0.2) is 65.7 Å². The Morgan fingerprint density at radius 3 is 2.67 bits per heavy atom. The molecule has 1 aliphatic rings. The summed E-state index contributed by atoms with van der Waals surface area (Å²) >= 11 is 0. The molecule has 1 amide bonds. The van der Waals surface area contributed by atoms with E-state index in [1.807, 2.05) is 78.3 Å². The number of carbonyl (C=O) groups is 1. The average molecular weight is 443 g/mol. The number of carbonyl (C=O) groups excluding carboxylic acids is 1. The predicted octanol–water partition coefficient (Wildman–Crippen LogP) is 3.36. The Labute approximate surface area is 190 Å². The van der Waals surface area contributed by atoms with Crippen LogP contribution < -0.4 is 11.3 Å². The van der Waals surface area contributed by atoms with Crippen LogP contribution in [0.25, 0.3) is 22.0 Å². The number of aromatic nitrogens is 4. The van der Waals surface area contributed by atoms with Gasteiger partial charge in [0, 0.05) is 54.2 Å². The number of allylic oxidation sites excluding steroid dienone is 2. The quantitative estimate of drug-likeness (QED) is 0.463. The van der Waals surface area contributed by atoms with Crippen molar-refractivity contribution in [2.45, 2.75) is 26.4 Å². The fourth-order valence-electron chi connectivity index (χ4n) is 4.30. The van der Waals surface area contributed by atoms with Crippen LogP contribution in [0.3, 0.4) is 0 Å². The number of anilines is 1. The lowest BCUT2D eigenvalue weighted by atomic mass is 10.0. The molecule has 0 spiro atoms. The Hall–Kier alpha value is -4.07. The molecule has 4 heterocycles. The van der Waals surface area contributed by atoms with Gasteiger partial charge < -0.3 is 20.2 Å². The van der Waals surface area contributed by atoms with E-state index in [0.29, 0.717) is 36.5 Å². The van der Waals surface area contributed by atoms with E-state index in [-0.39, 0.29) is 17.5 Å². The number of pyridine rings is 1. The monoisotopic (exact) mass is 442 g/mol. The number of rotatable bonds is 5. The summed E-state index contributed by atoms with van der Waals surface area (Å²) in [5.74, 6) is 0.484. The van der Waals surface area contributed by atoms with Crippen molar-refractivity contribution < 1.29 is 4.79 Å². The zero-order chi connectivity index (χ0) is 23.1. The van der Waals surface area contributed by atoms with E-state index in [4.69, 9.17) is 5.73 Å². The molecule has 1 fully saturated rings. The summed E-state index contributed by atoms with van der Waals surface area (Å²) in [5, 5.41) is 5.11. The predicted molar refractivity (Wildman–Crippen MR) is 129 cm³/mol. The number of fused-ring (bicyclic) bond motifs is 1. The Morgan fingerprint density at radius 2 is 2.00 bits per heavy atom. The first kappa shape index (κ1) is 20.8. The van der Waals surface area contributed by atoms with Gasteiger partial charge in [-0.2, -0.15) is 5.10 Å². The first-order valence-corrected chi connectivity index (χ1v) is 11.0. The Kier molecular flexibility index (Phi) is 5.12. The zero-order valence-electron chi connectivity index (χ0n) is 18.7. The van der Waals surface area contributed by atoms with Gasteiger partial charge in [-0.3, -0.25) is 14.3 Å². The van der Waals surface area contributed by atoms with Crippen LogP contribution in [0.4, 0.5) is 5.82 Å². The lowest BCUT2D eigenvalue weighted by molar-refractivity contribution is 0.0502. The topological polar surface area (TPSA) is 102 Å². The van der Waals surface area contributed by atoms with Crippen LogP contribution in [-0.2, 0) is 6.54 Å². The Bertz CT molecular complexity index is 1420. The van der Waals surface area contributed by atoms with Gasteiger partial charge in [0.25, 0.3) is 11.5 Å². The minimum absolute atomic E-state index is 0.00128. The highest BCUT2D eigenvalue weighted by Gasteiger charge is 2.32. The van der Waals surface area contributed by atoms with Gasteiger partial charge in [-0.25, -0.2) is 0 Å². The number of benzene rings is 1. The minimum Gasteiger partial charge on any atom is -0.382 e. The summed E-state index contributed by atoms with van der Waals surface area (Å²) in [7, 11) is 0. The third-order valence-electron chi connectivity index (χ3n) is 6.14. The molecule has 33 heavy (non-hydrogen) atoms.